The number of carbonyl (C=O) groups is 2. The molecular weight excluding hydrogens is 706 g/mol. The van der Waals surface area contributed by atoms with E-state index in [1.165, 1.54) is 11.3 Å². The predicted molar refractivity (Wildman–Crippen MR) is 207 cm³/mol. The number of benzene rings is 2. The number of aromatic nitrogens is 5. The number of nitrogens with one attached hydrogen (secondary N) is 2. The molecule has 2 amide bonds. The molecule has 3 saturated heterocycles. The van der Waals surface area contributed by atoms with E-state index in [1.54, 1.807) is 10.9 Å². The van der Waals surface area contributed by atoms with Crippen molar-refractivity contribution in [2.45, 2.75) is 51.1 Å². The number of nitrogens with zero attached hydrogens (tertiary/aromatic N) is 7. The number of hydrogen-bond donors (Lipinski definition) is 3. The van der Waals surface area contributed by atoms with Gasteiger partial charge in [-0.15, -0.1) is 0 Å². The lowest BCUT2D eigenvalue weighted by Crippen LogP contribution is -2.55. The molecule has 0 bridgehead atoms. The number of halogens is 1. The largest absolute Gasteiger partial charge is 0.453 e. The highest BCUT2D eigenvalue weighted by molar-refractivity contribution is 6.32. The van der Waals surface area contributed by atoms with Crippen LogP contribution in [0.25, 0.3) is 22.6 Å². The number of pyridine rings is 1. The highest BCUT2D eigenvalue weighted by Crippen LogP contribution is 2.36. The smallest absolute Gasteiger partial charge is 0.234 e. The van der Waals surface area contributed by atoms with Gasteiger partial charge in [-0.2, -0.15) is 5.10 Å². The molecule has 2 atom stereocenters. The van der Waals surface area contributed by atoms with Crippen LogP contribution in [0.2, 0.25) is 5.02 Å². The van der Waals surface area contributed by atoms with Crippen LogP contribution in [-0.2, 0) is 23.2 Å². The number of amides is 2. The number of piperidine rings is 2. The summed E-state index contributed by atoms with van der Waals surface area (Å²) in [5.74, 6) is 1.74. The maximum absolute atomic E-state index is 12.3. The zero-order valence-corrected chi connectivity index (χ0v) is 31.4. The van der Waals surface area contributed by atoms with E-state index in [4.69, 9.17) is 16.3 Å². The molecule has 0 spiro atoms. The molecule has 3 fully saturated rings. The molecule has 54 heavy (non-hydrogen) atoms. The molecule has 8 rings (SSSR count). The number of ether oxygens (including phenoxy) is 1. The molecule has 6 heterocycles. The Hall–Kier alpha value is -4.82. The number of piperazine rings is 1. The Bertz CT molecular complexity index is 2130. The number of aliphatic hydroxyl groups is 1. The summed E-state index contributed by atoms with van der Waals surface area (Å²) in [4.78, 5) is 43.6. The Labute approximate surface area is 319 Å². The summed E-state index contributed by atoms with van der Waals surface area (Å²) in [6.45, 7) is 8.52. The summed E-state index contributed by atoms with van der Waals surface area (Å²) in [6.07, 6.45) is 6.63. The van der Waals surface area contributed by atoms with E-state index >= 15 is 0 Å². The van der Waals surface area contributed by atoms with E-state index in [2.05, 4.69) is 64.3 Å². The van der Waals surface area contributed by atoms with E-state index in [0.29, 0.717) is 52.3 Å². The third-order valence-corrected chi connectivity index (χ3v) is 11.4. The molecule has 3 N–H and O–H groups in total. The molecule has 3 aliphatic rings. The second-order valence-corrected chi connectivity index (χ2v) is 15.3. The molecule has 0 unspecified atom stereocenters. The van der Waals surface area contributed by atoms with Crippen LogP contribution in [0.5, 0.6) is 11.5 Å². The number of aliphatic hydroxyl groups excluding tert-OH is 1. The first kappa shape index (κ1) is 36.2. The summed E-state index contributed by atoms with van der Waals surface area (Å²) >= 11 is 6.57. The van der Waals surface area contributed by atoms with Crippen molar-refractivity contribution in [3.05, 3.63) is 82.8 Å². The molecule has 3 aliphatic heterocycles. The van der Waals surface area contributed by atoms with E-state index in [0.717, 1.165) is 75.5 Å². The van der Waals surface area contributed by atoms with Crippen LogP contribution in [0.3, 0.4) is 0 Å². The minimum atomic E-state index is -0.256. The first-order chi connectivity index (χ1) is 26.2. The Morgan fingerprint density at radius 2 is 1.78 bits per heavy atom. The van der Waals surface area contributed by atoms with Gasteiger partial charge >= 0.3 is 0 Å². The lowest BCUT2D eigenvalue weighted by molar-refractivity contribution is -0.134. The summed E-state index contributed by atoms with van der Waals surface area (Å²) in [5, 5.41) is 17.7. The third kappa shape index (κ3) is 7.72. The molecule has 13 nitrogen and oxygen atoms in total. The van der Waals surface area contributed by atoms with Crippen LogP contribution in [0, 0.1) is 12.8 Å². The number of aryl methyl sites for hydroxylation is 2. The van der Waals surface area contributed by atoms with Gasteiger partial charge in [0.05, 0.1) is 30.0 Å². The second kappa shape index (κ2) is 15.5. The zero-order valence-electron chi connectivity index (χ0n) is 30.7. The number of imidazole rings is 1. The van der Waals surface area contributed by atoms with Gasteiger partial charge < -0.3 is 19.7 Å². The zero-order chi connectivity index (χ0) is 37.3. The maximum atomic E-state index is 12.3. The van der Waals surface area contributed by atoms with E-state index in [-0.39, 0.29) is 30.4 Å². The topological polar surface area (TPSA) is 145 Å². The van der Waals surface area contributed by atoms with Gasteiger partial charge in [-0.3, -0.25) is 29.4 Å². The molecule has 282 valence electrons. The molecular formula is C40H46ClN9O4. The number of imide groups is 1. The minimum Gasteiger partial charge on any atom is -0.453 e. The number of H-pyrrole nitrogens is 1. The fourth-order valence-electron chi connectivity index (χ4n) is 8.16. The summed E-state index contributed by atoms with van der Waals surface area (Å²) in [5.41, 5.74) is 6.21. The van der Waals surface area contributed by atoms with Crippen molar-refractivity contribution < 1.29 is 19.4 Å². The van der Waals surface area contributed by atoms with Crippen LogP contribution in [0.1, 0.15) is 48.4 Å². The van der Waals surface area contributed by atoms with Crippen LogP contribution >= 0.6 is 11.6 Å². The SMILES string of the molecule is Cc1nn(C)cc1-c1nc2ncc(Cl)c(Oc3ccc(CN4CCN(CC5CCN(c6ccc([C@H]7CCC(=O)NC7=O)cc6)CC5)[C@@H](CO)C4)cc3)c2[nH]1. The van der Waals surface area contributed by atoms with Crippen molar-refractivity contribution in [1.29, 1.82) is 0 Å². The first-order valence-corrected chi connectivity index (χ1v) is 19.2. The molecule has 0 aliphatic carbocycles. The van der Waals surface area contributed by atoms with Crippen LogP contribution in [0.4, 0.5) is 5.69 Å². The van der Waals surface area contributed by atoms with Crippen LogP contribution < -0.4 is 15.0 Å². The second-order valence-electron chi connectivity index (χ2n) is 14.9. The van der Waals surface area contributed by atoms with Crippen molar-refractivity contribution in [2.75, 3.05) is 50.8 Å². The molecule has 5 aromatic rings. The lowest BCUT2D eigenvalue weighted by atomic mass is 9.90. The quantitative estimate of drug-likeness (QED) is 0.166. The average Bonchev–Trinajstić information content (AvgIpc) is 3.76. The van der Waals surface area contributed by atoms with Gasteiger partial charge in [0.2, 0.25) is 11.8 Å². The van der Waals surface area contributed by atoms with Gasteiger partial charge in [0.1, 0.15) is 22.1 Å². The Morgan fingerprint density at radius 3 is 2.48 bits per heavy atom. The summed E-state index contributed by atoms with van der Waals surface area (Å²) in [6, 6.07) is 16.5. The Kier molecular flexibility index (Phi) is 10.4. The van der Waals surface area contributed by atoms with Crippen molar-refractivity contribution in [2.24, 2.45) is 13.0 Å². The van der Waals surface area contributed by atoms with Crippen LogP contribution in [0.15, 0.2) is 60.9 Å². The standard InChI is InChI=1S/C40H46ClN9O4/c1-25-33(23-47(2)46-25)38-44-36-37(34(41)19-42-39(36)45-38)54-31-9-3-26(4-10-31)20-48-17-18-50(30(22-48)24-51)21-27-13-15-49(16-14-27)29-7-5-28(6-8-29)32-11-12-35(52)43-40(32)53/h3-10,19,23,27,30,32,51H,11-18,20-22,24H2,1-2H3,(H,42,44,45)(H,43,52,53)/t30-,32-/m1/s1. The monoisotopic (exact) mass is 751 g/mol. The van der Waals surface area contributed by atoms with Gasteiger partial charge in [0.25, 0.3) is 0 Å². The van der Waals surface area contributed by atoms with Crippen molar-refractivity contribution in [1.82, 2.24) is 39.8 Å². The van der Waals surface area contributed by atoms with Crippen molar-refractivity contribution >= 4 is 40.3 Å². The van der Waals surface area contributed by atoms with Gasteiger partial charge in [0.15, 0.2) is 11.4 Å². The lowest BCUT2D eigenvalue weighted by Gasteiger charge is -2.43. The molecule has 0 saturated carbocycles. The van der Waals surface area contributed by atoms with E-state index < -0.39 is 0 Å². The number of rotatable bonds is 10. The van der Waals surface area contributed by atoms with Gasteiger partial charge in [0, 0.05) is 77.2 Å². The normalized spacial score (nSPS) is 20.5. The predicted octanol–water partition coefficient (Wildman–Crippen LogP) is 5.03. The molecule has 0 radical (unpaired) electrons. The fourth-order valence-corrected chi connectivity index (χ4v) is 8.34. The number of hydrogen-bond acceptors (Lipinski definition) is 10. The third-order valence-electron chi connectivity index (χ3n) is 11.2. The average molecular weight is 752 g/mol. The Balaban J connectivity index is 0.824. The van der Waals surface area contributed by atoms with Gasteiger partial charge in [-0.1, -0.05) is 35.9 Å². The van der Waals surface area contributed by atoms with Crippen molar-refractivity contribution in [3.63, 3.8) is 0 Å². The number of anilines is 1. The van der Waals surface area contributed by atoms with E-state index in [9.17, 15) is 14.7 Å². The molecule has 2 aromatic carbocycles. The first-order valence-electron chi connectivity index (χ1n) is 18.8. The van der Waals surface area contributed by atoms with Crippen LogP contribution in [-0.4, -0.2) is 103 Å². The number of carbonyl (C=O) groups excluding carboxylic acids is 2. The van der Waals surface area contributed by atoms with Crippen molar-refractivity contribution in [3.8, 4) is 22.9 Å². The van der Waals surface area contributed by atoms with Gasteiger partial charge in [-0.25, -0.2) is 9.97 Å². The minimum absolute atomic E-state index is 0.102. The summed E-state index contributed by atoms with van der Waals surface area (Å²) < 4.78 is 8.05. The fraction of sp³-hybridized carbons (Fsp3) is 0.425. The number of aromatic amines is 1. The van der Waals surface area contributed by atoms with Gasteiger partial charge in [-0.05, 0) is 67.5 Å². The molecule has 14 heteroatoms. The molecule has 3 aromatic heterocycles. The maximum Gasteiger partial charge on any atom is 0.234 e. The summed E-state index contributed by atoms with van der Waals surface area (Å²) in [7, 11) is 1.88. The highest BCUT2D eigenvalue weighted by Gasteiger charge is 2.31. The number of fused-ring (bicyclic) bond motifs is 1. The van der Waals surface area contributed by atoms with E-state index in [1.807, 2.05) is 44.4 Å². The Morgan fingerprint density at radius 1 is 1.00 bits per heavy atom. The highest BCUT2D eigenvalue weighted by atomic mass is 35.5.